The quantitative estimate of drug-likeness (QED) is 0.284. The Bertz CT molecular complexity index is 1360. The Hall–Kier alpha value is -3.93. The van der Waals surface area contributed by atoms with E-state index in [2.05, 4.69) is 0 Å². The summed E-state index contributed by atoms with van der Waals surface area (Å²) < 4.78 is 39.4. The van der Waals surface area contributed by atoms with E-state index in [1.807, 2.05) is 0 Å². The molecule has 1 aromatic heterocycles. The van der Waals surface area contributed by atoms with E-state index in [1.165, 1.54) is 6.92 Å². The second-order valence-corrected chi connectivity index (χ2v) is 9.52. The van der Waals surface area contributed by atoms with Crippen molar-refractivity contribution in [2.45, 2.75) is 84.6 Å². The second kappa shape index (κ2) is 11.4. The van der Waals surface area contributed by atoms with Crippen molar-refractivity contribution in [1.82, 2.24) is 0 Å². The maximum atomic E-state index is 12.5. The predicted octanol–water partition coefficient (Wildman–Crippen LogP) is 2.05. The van der Waals surface area contributed by atoms with E-state index in [1.54, 1.807) is 19.1 Å². The van der Waals surface area contributed by atoms with E-state index in [0.717, 1.165) is 32.8 Å². The molecular weight excluding hydrogens is 516 g/mol. The van der Waals surface area contributed by atoms with Crippen LogP contribution in [0, 0.1) is 6.92 Å². The minimum Gasteiger partial charge on any atom is -0.463 e. The fourth-order valence-electron chi connectivity index (χ4n) is 5.01. The summed E-state index contributed by atoms with van der Waals surface area (Å²) in [6.07, 6.45) is -4.64. The average molecular weight is 547 g/mol. The van der Waals surface area contributed by atoms with Crippen LogP contribution < -0.4 is 10.4 Å². The summed E-state index contributed by atoms with van der Waals surface area (Å²) in [5.74, 6) is -2.56. The zero-order valence-electron chi connectivity index (χ0n) is 22.3. The summed E-state index contributed by atoms with van der Waals surface area (Å²) in [6, 6.07) is 3.44. The lowest BCUT2D eigenvalue weighted by Gasteiger charge is -2.44. The third kappa shape index (κ3) is 6.22. The van der Waals surface area contributed by atoms with E-state index in [-0.39, 0.29) is 12.4 Å². The molecule has 0 N–H and O–H groups in total. The lowest BCUT2D eigenvalue weighted by molar-refractivity contribution is -0.288. The number of carbonyl (C=O) groups excluding carboxylic acids is 4. The van der Waals surface area contributed by atoms with Gasteiger partial charge in [-0.1, -0.05) is 0 Å². The number of aryl methyl sites for hydroxylation is 2. The number of rotatable bonds is 7. The van der Waals surface area contributed by atoms with E-state index in [4.69, 9.17) is 32.8 Å². The van der Waals surface area contributed by atoms with Crippen LogP contribution in [0.25, 0.3) is 11.0 Å². The van der Waals surface area contributed by atoms with Crippen molar-refractivity contribution in [2.24, 2.45) is 0 Å². The van der Waals surface area contributed by atoms with Gasteiger partial charge in [0.05, 0.1) is 5.39 Å². The standard InChI is InChI=1S/C27H30O12/c1-12-9-19-22(17-7-6-8-18(17)26(32)37-19)20(10-12)38-27-25(36-16(5)31)24(35-15(4)30)23(34-14(3)29)21(39-27)11-33-13(2)28/h9-10,21,23-25,27H,6-8,11H2,1-5H3/t21-,23-,24+,25-,27+/m1/s1. The highest BCUT2D eigenvalue weighted by atomic mass is 16.7. The van der Waals surface area contributed by atoms with Crippen LogP contribution in [0.15, 0.2) is 21.3 Å². The molecule has 2 aromatic rings. The normalized spacial score (nSPS) is 24.0. The number of benzene rings is 1. The maximum Gasteiger partial charge on any atom is 0.339 e. The van der Waals surface area contributed by atoms with E-state index in [0.29, 0.717) is 34.9 Å². The first-order chi connectivity index (χ1) is 18.4. The monoisotopic (exact) mass is 546 g/mol. The van der Waals surface area contributed by atoms with Gasteiger partial charge in [0.1, 0.15) is 24.0 Å². The van der Waals surface area contributed by atoms with Gasteiger partial charge in [0.15, 0.2) is 12.2 Å². The van der Waals surface area contributed by atoms with Crippen LogP contribution in [-0.4, -0.2) is 61.2 Å². The van der Waals surface area contributed by atoms with Crippen LogP contribution >= 0.6 is 0 Å². The van der Waals surface area contributed by atoms with E-state index < -0.39 is 60.2 Å². The third-order valence-corrected chi connectivity index (χ3v) is 6.37. The SMILES string of the molecule is CC(=O)OC[C@H]1O[C@H](Oc2cc(C)cc3oc(=O)c4c(c23)CCC4)[C@H](OC(C)=O)[C@@H](OC(C)=O)[C@@H]1OC(C)=O. The van der Waals surface area contributed by atoms with Gasteiger partial charge >= 0.3 is 29.5 Å². The zero-order valence-corrected chi connectivity index (χ0v) is 22.3. The van der Waals surface area contributed by atoms with Gasteiger partial charge in [0.25, 0.3) is 0 Å². The van der Waals surface area contributed by atoms with Gasteiger partial charge in [-0.3, -0.25) is 19.2 Å². The smallest absolute Gasteiger partial charge is 0.339 e. The van der Waals surface area contributed by atoms with Crippen molar-refractivity contribution in [3.63, 3.8) is 0 Å². The molecule has 2 heterocycles. The average Bonchev–Trinajstić information content (AvgIpc) is 3.31. The Kier molecular flexibility index (Phi) is 8.24. The number of fused-ring (bicyclic) bond motifs is 3. The van der Waals surface area contributed by atoms with E-state index >= 15 is 0 Å². The zero-order chi connectivity index (χ0) is 28.4. The molecule has 0 unspecified atom stereocenters. The molecule has 0 radical (unpaired) electrons. The van der Waals surface area contributed by atoms with Crippen molar-refractivity contribution < 1.29 is 52.0 Å². The molecule has 12 heteroatoms. The summed E-state index contributed by atoms with van der Waals surface area (Å²) in [5.41, 5.74) is 1.99. The first kappa shape index (κ1) is 28.1. The number of hydrogen-bond donors (Lipinski definition) is 0. The molecule has 1 aromatic carbocycles. The Morgan fingerprint density at radius 1 is 0.846 bits per heavy atom. The number of ether oxygens (including phenoxy) is 6. The van der Waals surface area contributed by atoms with Gasteiger partial charge in [0, 0.05) is 33.3 Å². The van der Waals surface area contributed by atoms with Gasteiger partial charge < -0.3 is 32.8 Å². The van der Waals surface area contributed by atoms with Crippen LogP contribution in [0.2, 0.25) is 0 Å². The molecule has 1 saturated heterocycles. The largest absolute Gasteiger partial charge is 0.463 e. The number of esters is 4. The Morgan fingerprint density at radius 2 is 1.46 bits per heavy atom. The molecule has 210 valence electrons. The molecule has 0 saturated carbocycles. The van der Waals surface area contributed by atoms with Crippen LogP contribution in [-0.2, 0) is 55.7 Å². The first-order valence-electron chi connectivity index (χ1n) is 12.5. The van der Waals surface area contributed by atoms with Gasteiger partial charge in [-0.05, 0) is 49.4 Å². The highest BCUT2D eigenvalue weighted by molar-refractivity contribution is 5.89. The fourth-order valence-corrected chi connectivity index (χ4v) is 5.01. The van der Waals surface area contributed by atoms with Crippen molar-refractivity contribution in [3.8, 4) is 5.75 Å². The molecule has 0 bridgehead atoms. The molecule has 1 aliphatic heterocycles. The minimum absolute atomic E-state index is 0.285. The molecule has 1 aliphatic carbocycles. The van der Waals surface area contributed by atoms with Gasteiger partial charge in [-0.25, -0.2) is 4.79 Å². The molecule has 2 aliphatic rings. The lowest BCUT2D eigenvalue weighted by atomic mass is 9.98. The molecule has 12 nitrogen and oxygen atoms in total. The molecule has 4 rings (SSSR count). The molecule has 39 heavy (non-hydrogen) atoms. The Labute approximate surface area is 223 Å². The topological polar surface area (TPSA) is 154 Å². The molecule has 0 amide bonds. The molecule has 0 spiro atoms. The van der Waals surface area contributed by atoms with Crippen LogP contribution in [0.5, 0.6) is 5.75 Å². The summed E-state index contributed by atoms with van der Waals surface area (Å²) >= 11 is 0. The highest BCUT2D eigenvalue weighted by Crippen LogP contribution is 2.38. The molecular formula is C27H30O12. The highest BCUT2D eigenvalue weighted by Gasteiger charge is 2.53. The summed E-state index contributed by atoms with van der Waals surface area (Å²) in [4.78, 5) is 60.2. The van der Waals surface area contributed by atoms with Crippen molar-refractivity contribution >= 4 is 34.8 Å². The number of carbonyl (C=O) groups is 4. The molecule has 1 fully saturated rings. The van der Waals surface area contributed by atoms with Crippen LogP contribution in [0.4, 0.5) is 0 Å². The fraction of sp³-hybridized carbons (Fsp3) is 0.519. The predicted molar refractivity (Wildman–Crippen MR) is 132 cm³/mol. The second-order valence-electron chi connectivity index (χ2n) is 9.52. The van der Waals surface area contributed by atoms with E-state index in [9.17, 15) is 24.0 Å². The summed E-state index contributed by atoms with van der Waals surface area (Å²) in [6.45, 7) is 6.03. The lowest BCUT2D eigenvalue weighted by Crippen LogP contribution is -2.63. The maximum absolute atomic E-state index is 12.5. The van der Waals surface area contributed by atoms with Crippen molar-refractivity contribution in [3.05, 3.63) is 39.2 Å². The third-order valence-electron chi connectivity index (χ3n) is 6.37. The van der Waals surface area contributed by atoms with Gasteiger partial charge in [-0.15, -0.1) is 0 Å². The van der Waals surface area contributed by atoms with Crippen LogP contribution in [0.3, 0.4) is 0 Å². The summed E-state index contributed by atoms with van der Waals surface area (Å²) in [7, 11) is 0. The van der Waals surface area contributed by atoms with Gasteiger partial charge in [-0.2, -0.15) is 0 Å². The first-order valence-corrected chi connectivity index (χ1v) is 12.5. The van der Waals surface area contributed by atoms with Gasteiger partial charge in [0.2, 0.25) is 12.4 Å². The minimum atomic E-state index is -1.40. The Balaban J connectivity index is 1.82. The molecule has 5 atom stereocenters. The van der Waals surface area contributed by atoms with Crippen molar-refractivity contribution in [2.75, 3.05) is 6.61 Å². The van der Waals surface area contributed by atoms with Crippen molar-refractivity contribution in [1.29, 1.82) is 0 Å². The van der Waals surface area contributed by atoms with Crippen LogP contribution in [0.1, 0.15) is 50.8 Å². The Morgan fingerprint density at radius 3 is 2.10 bits per heavy atom. The summed E-state index contributed by atoms with van der Waals surface area (Å²) in [5, 5.41) is 0.570. The number of hydrogen-bond acceptors (Lipinski definition) is 12.